The van der Waals surface area contributed by atoms with Gasteiger partial charge in [-0.1, -0.05) is 6.07 Å². The van der Waals surface area contributed by atoms with Crippen molar-refractivity contribution in [1.82, 2.24) is 0 Å². The zero-order chi connectivity index (χ0) is 11.4. The molecule has 0 aliphatic heterocycles. The molecule has 0 aliphatic rings. The second-order valence-corrected chi connectivity index (χ2v) is 3.82. The Bertz CT molecular complexity index is 392. The van der Waals surface area contributed by atoms with E-state index in [-0.39, 0.29) is 16.5 Å². The fourth-order valence-electron chi connectivity index (χ4n) is 1.20. The standard InChI is InChI=1S/C10H8BrFO3/c11-8-2-1-6(5-9(8)12)7(3-4-13)10(14)15/h1-2,4-5,7H,3H2,(H,14,15). The first-order chi connectivity index (χ1) is 7.06. The summed E-state index contributed by atoms with van der Waals surface area (Å²) in [6.07, 6.45) is 0.356. The maximum Gasteiger partial charge on any atom is 0.311 e. The smallest absolute Gasteiger partial charge is 0.311 e. The van der Waals surface area contributed by atoms with Crippen LogP contribution < -0.4 is 0 Å². The zero-order valence-electron chi connectivity index (χ0n) is 7.61. The van der Waals surface area contributed by atoms with Crippen molar-refractivity contribution < 1.29 is 19.1 Å². The lowest BCUT2D eigenvalue weighted by atomic mass is 9.96. The number of carbonyl (C=O) groups is 2. The third-order valence-corrected chi connectivity index (χ3v) is 2.62. The number of carboxylic acid groups (broad SMARTS) is 1. The van der Waals surface area contributed by atoms with Crippen LogP contribution in [-0.2, 0) is 9.59 Å². The van der Waals surface area contributed by atoms with Crippen LogP contribution in [-0.4, -0.2) is 17.4 Å². The molecule has 0 aromatic heterocycles. The molecule has 0 amide bonds. The number of halogens is 2. The molecule has 1 aromatic rings. The topological polar surface area (TPSA) is 54.4 Å². The SMILES string of the molecule is O=CCC(C(=O)O)c1ccc(Br)c(F)c1. The van der Waals surface area contributed by atoms with Crippen molar-refractivity contribution in [1.29, 1.82) is 0 Å². The van der Waals surface area contributed by atoms with E-state index in [9.17, 15) is 14.0 Å². The first kappa shape index (κ1) is 11.8. The van der Waals surface area contributed by atoms with E-state index in [4.69, 9.17) is 5.11 Å². The van der Waals surface area contributed by atoms with Gasteiger partial charge < -0.3 is 9.90 Å². The highest BCUT2D eigenvalue weighted by molar-refractivity contribution is 9.10. The van der Waals surface area contributed by atoms with Gasteiger partial charge in [0.2, 0.25) is 0 Å². The Morgan fingerprint density at radius 1 is 1.60 bits per heavy atom. The van der Waals surface area contributed by atoms with Crippen LogP contribution in [0.2, 0.25) is 0 Å². The third kappa shape index (κ3) is 2.86. The van der Waals surface area contributed by atoms with Crippen LogP contribution in [0.4, 0.5) is 4.39 Å². The summed E-state index contributed by atoms with van der Waals surface area (Å²) in [4.78, 5) is 21.1. The van der Waals surface area contributed by atoms with Crippen molar-refractivity contribution in [3.63, 3.8) is 0 Å². The van der Waals surface area contributed by atoms with Crippen molar-refractivity contribution in [2.75, 3.05) is 0 Å². The molecule has 1 atom stereocenters. The predicted molar refractivity (Wildman–Crippen MR) is 55.2 cm³/mol. The molecule has 0 heterocycles. The summed E-state index contributed by atoms with van der Waals surface area (Å²) in [5.74, 6) is -2.65. The molecule has 0 radical (unpaired) electrons. The van der Waals surface area contributed by atoms with E-state index in [1.807, 2.05) is 0 Å². The first-order valence-corrected chi connectivity index (χ1v) is 4.97. The maximum atomic E-state index is 13.1. The summed E-state index contributed by atoms with van der Waals surface area (Å²) in [5, 5.41) is 8.82. The number of aliphatic carboxylic acids is 1. The van der Waals surface area contributed by atoms with E-state index in [1.165, 1.54) is 12.1 Å². The molecule has 1 N–H and O–H groups in total. The van der Waals surface area contributed by atoms with Gasteiger partial charge in [-0.2, -0.15) is 0 Å². The molecule has 80 valence electrons. The van der Waals surface area contributed by atoms with E-state index >= 15 is 0 Å². The number of aldehydes is 1. The lowest BCUT2D eigenvalue weighted by Gasteiger charge is -2.09. The highest BCUT2D eigenvalue weighted by atomic mass is 79.9. The van der Waals surface area contributed by atoms with Crippen LogP contribution in [0.5, 0.6) is 0 Å². The Labute approximate surface area is 94.0 Å². The molecule has 0 bridgehead atoms. The summed E-state index contributed by atoms with van der Waals surface area (Å²) in [5.41, 5.74) is 0.287. The highest BCUT2D eigenvalue weighted by Crippen LogP contribution is 2.23. The van der Waals surface area contributed by atoms with Crippen molar-refractivity contribution in [3.8, 4) is 0 Å². The molecule has 1 unspecified atom stereocenters. The molecular formula is C10H8BrFO3. The van der Waals surface area contributed by atoms with E-state index in [0.29, 0.717) is 6.29 Å². The van der Waals surface area contributed by atoms with E-state index in [1.54, 1.807) is 0 Å². The molecule has 0 saturated carbocycles. The zero-order valence-corrected chi connectivity index (χ0v) is 9.20. The molecule has 3 nitrogen and oxygen atoms in total. The average Bonchev–Trinajstić information content (AvgIpc) is 2.18. The molecule has 15 heavy (non-hydrogen) atoms. The van der Waals surface area contributed by atoms with Crippen molar-refractivity contribution in [2.24, 2.45) is 0 Å². The van der Waals surface area contributed by atoms with Gasteiger partial charge in [-0.25, -0.2) is 4.39 Å². The molecular weight excluding hydrogens is 267 g/mol. The van der Waals surface area contributed by atoms with Gasteiger partial charge in [0.15, 0.2) is 0 Å². The number of hydrogen-bond donors (Lipinski definition) is 1. The van der Waals surface area contributed by atoms with Crippen molar-refractivity contribution in [2.45, 2.75) is 12.3 Å². The van der Waals surface area contributed by atoms with Gasteiger partial charge in [-0.05, 0) is 33.6 Å². The fraction of sp³-hybridized carbons (Fsp3) is 0.200. The van der Waals surface area contributed by atoms with Gasteiger partial charge in [0.25, 0.3) is 0 Å². The van der Waals surface area contributed by atoms with Gasteiger partial charge in [-0.3, -0.25) is 4.79 Å². The molecule has 1 rings (SSSR count). The minimum atomic E-state index is -1.14. The van der Waals surface area contributed by atoms with Crippen LogP contribution in [0.3, 0.4) is 0 Å². The van der Waals surface area contributed by atoms with Crippen LogP contribution >= 0.6 is 15.9 Å². The quantitative estimate of drug-likeness (QED) is 0.858. The van der Waals surface area contributed by atoms with Gasteiger partial charge >= 0.3 is 5.97 Å². The molecule has 0 spiro atoms. The van der Waals surface area contributed by atoms with Gasteiger partial charge in [0.05, 0.1) is 10.4 Å². The van der Waals surface area contributed by atoms with E-state index in [0.717, 1.165) is 6.07 Å². The first-order valence-electron chi connectivity index (χ1n) is 4.17. The summed E-state index contributed by atoms with van der Waals surface area (Å²) in [7, 11) is 0. The Morgan fingerprint density at radius 3 is 2.73 bits per heavy atom. The van der Waals surface area contributed by atoms with Gasteiger partial charge in [0.1, 0.15) is 12.1 Å². The fourth-order valence-corrected chi connectivity index (χ4v) is 1.45. The number of benzene rings is 1. The van der Waals surface area contributed by atoms with Crippen molar-refractivity contribution >= 4 is 28.2 Å². The van der Waals surface area contributed by atoms with Gasteiger partial charge in [-0.15, -0.1) is 0 Å². The minimum absolute atomic E-state index is 0.156. The number of hydrogen-bond acceptors (Lipinski definition) is 2. The summed E-state index contributed by atoms with van der Waals surface area (Å²) >= 11 is 2.96. The second-order valence-electron chi connectivity index (χ2n) is 2.97. The molecule has 1 aromatic carbocycles. The number of rotatable bonds is 4. The second kappa shape index (κ2) is 5.02. The largest absolute Gasteiger partial charge is 0.481 e. The van der Waals surface area contributed by atoms with Crippen LogP contribution in [0.15, 0.2) is 22.7 Å². The summed E-state index contributed by atoms with van der Waals surface area (Å²) < 4.78 is 13.4. The Balaban J connectivity index is 3.06. The molecule has 5 heteroatoms. The van der Waals surface area contributed by atoms with E-state index in [2.05, 4.69) is 15.9 Å². The Morgan fingerprint density at radius 2 is 2.27 bits per heavy atom. The van der Waals surface area contributed by atoms with Crippen molar-refractivity contribution in [3.05, 3.63) is 34.1 Å². The molecule has 0 fully saturated rings. The number of carboxylic acids is 1. The Kier molecular flexibility index (Phi) is 3.96. The third-order valence-electron chi connectivity index (χ3n) is 1.98. The lowest BCUT2D eigenvalue weighted by Crippen LogP contribution is -2.12. The highest BCUT2D eigenvalue weighted by Gasteiger charge is 2.20. The summed E-state index contributed by atoms with van der Waals surface area (Å²) in [6.45, 7) is 0. The van der Waals surface area contributed by atoms with E-state index < -0.39 is 17.7 Å². The predicted octanol–water partition coefficient (Wildman–Crippen LogP) is 2.35. The average molecular weight is 275 g/mol. The lowest BCUT2D eigenvalue weighted by molar-refractivity contribution is -0.139. The normalized spacial score (nSPS) is 12.1. The van der Waals surface area contributed by atoms with Crippen LogP contribution in [0.1, 0.15) is 17.9 Å². The minimum Gasteiger partial charge on any atom is -0.481 e. The molecule has 0 saturated heterocycles. The summed E-state index contributed by atoms with van der Waals surface area (Å²) in [6, 6.07) is 4.02. The number of carbonyl (C=O) groups excluding carboxylic acids is 1. The van der Waals surface area contributed by atoms with Crippen LogP contribution in [0, 0.1) is 5.82 Å². The molecule has 0 aliphatic carbocycles. The monoisotopic (exact) mass is 274 g/mol. The maximum absolute atomic E-state index is 13.1. The Hall–Kier alpha value is -1.23. The van der Waals surface area contributed by atoms with Crippen LogP contribution in [0.25, 0.3) is 0 Å². The van der Waals surface area contributed by atoms with Gasteiger partial charge in [0, 0.05) is 6.42 Å².